The molecule has 1 aliphatic rings. The van der Waals surface area contributed by atoms with Crippen LogP contribution in [-0.4, -0.2) is 35.4 Å². The maximum atomic E-state index is 12.9. The second-order valence-electron chi connectivity index (χ2n) is 6.52. The lowest BCUT2D eigenvalue weighted by Crippen LogP contribution is -2.36. The number of aryl methyl sites for hydroxylation is 1. The first kappa shape index (κ1) is 17.5. The van der Waals surface area contributed by atoms with E-state index in [1.807, 2.05) is 57.6 Å². The van der Waals surface area contributed by atoms with Gasteiger partial charge in [-0.1, -0.05) is 18.2 Å². The van der Waals surface area contributed by atoms with Gasteiger partial charge in [0.15, 0.2) is 0 Å². The van der Waals surface area contributed by atoms with E-state index in [0.717, 1.165) is 23.4 Å². The molecule has 1 aromatic heterocycles. The van der Waals surface area contributed by atoms with E-state index in [4.69, 9.17) is 4.74 Å². The summed E-state index contributed by atoms with van der Waals surface area (Å²) in [4.78, 5) is 12.9. The van der Waals surface area contributed by atoms with Crippen LogP contribution in [0.1, 0.15) is 36.9 Å². The Hall–Kier alpha value is -2.34. The Balaban J connectivity index is 1.71. The lowest BCUT2D eigenvalue weighted by molar-refractivity contribution is -0.125. The molecule has 134 valence electrons. The fourth-order valence-electron chi connectivity index (χ4n) is 3.46. The quantitative estimate of drug-likeness (QED) is 0.842. The zero-order valence-electron chi connectivity index (χ0n) is 15.0. The van der Waals surface area contributed by atoms with Gasteiger partial charge in [0.25, 0.3) is 0 Å². The average molecular weight is 342 g/mol. The molecule has 3 rings (SSSR count). The third kappa shape index (κ3) is 3.85. The maximum absolute atomic E-state index is 12.9. The molecule has 2 aromatic rings. The Bertz CT molecular complexity index is 728. The van der Waals surface area contributed by atoms with E-state index >= 15 is 0 Å². The Morgan fingerprint density at radius 3 is 2.96 bits per heavy atom. The van der Waals surface area contributed by atoms with Crippen LogP contribution in [0.5, 0.6) is 5.75 Å². The van der Waals surface area contributed by atoms with Crippen LogP contribution in [0.15, 0.2) is 36.7 Å². The van der Waals surface area contributed by atoms with Crippen molar-refractivity contribution in [1.29, 1.82) is 0 Å². The summed E-state index contributed by atoms with van der Waals surface area (Å²) in [5.41, 5.74) is 2.11. The molecule has 6 nitrogen and oxygen atoms in total. The van der Waals surface area contributed by atoms with Crippen LogP contribution < -0.4 is 15.4 Å². The minimum absolute atomic E-state index is 0.0673. The van der Waals surface area contributed by atoms with Gasteiger partial charge in [-0.05, 0) is 25.5 Å². The molecule has 0 aliphatic carbocycles. The molecular formula is C19H26N4O2. The third-order valence-corrected chi connectivity index (χ3v) is 4.75. The van der Waals surface area contributed by atoms with E-state index in [-0.39, 0.29) is 23.8 Å². The number of carbonyl (C=O) groups excluding carboxylic acids is 1. The van der Waals surface area contributed by atoms with Gasteiger partial charge < -0.3 is 15.4 Å². The van der Waals surface area contributed by atoms with Gasteiger partial charge in [0.2, 0.25) is 5.91 Å². The van der Waals surface area contributed by atoms with Crippen LogP contribution in [0.4, 0.5) is 0 Å². The molecule has 0 saturated carbocycles. The zero-order valence-corrected chi connectivity index (χ0v) is 15.0. The smallest absolute Gasteiger partial charge is 0.225 e. The average Bonchev–Trinajstić information content (AvgIpc) is 3.24. The first-order chi connectivity index (χ1) is 12.1. The van der Waals surface area contributed by atoms with Gasteiger partial charge in [-0.3, -0.25) is 9.48 Å². The van der Waals surface area contributed by atoms with E-state index in [1.165, 1.54) is 0 Å². The minimum atomic E-state index is -0.106. The van der Waals surface area contributed by atoms with Gasteiger partial charge in [0, 0.05) is 37.8 Å². The van der Waals surface area contributed by atoms with E-state index in [0.29, 0.717) is 13.2 Å². The van der Waals surface area contributed by atoms with Gasteiger partial charge in [0.1, 0.15) is 5.75 Å². The fourth-order valence-corrected chi connectivity index (χ4v) is 3.46. The predicted octanol–water partition coefficient (Wildman–Crippen LogP) is 2.00. The lowest BCUT2D eigenvalue weighted by Gasteiger charge is -2.22. The van der Waals surface area contributed by atoms with Gasteiger partial charge in [-0.2, -0.15) is 5.10 Å². The molecule has 1 aromatic carbocycles. The number of nitrogens with zero attached hydrogens (tertiary/aromatic N) is 2. The van der Waals surface area contributed by atoms with Gasteiger partial charge in [-0.15, -0.1) is 0 Å². The molecule has 1 saturated heterocycles. The Labute approximate surface area is 148 Å². The zero-order chi connectivity index (χ0) is 17.8. The molecule has 6 heteroatoms. The molecule has 25 heavy (non-hydrogen) atoms. The summed E-state index contributed by atoms with van der Waals surface area (Å²) in [6, 6.07) is 7.75. The standard InChI is InChI=1S/C19H26N4O2/c1-4-25-18-8-6-5-7-15(18)13(2)22-19(24)17-11-20-10-16(17)14-9-21-23(3)12-14/h5-9,12-13,16-17,20H,4,10-11H2,1-3H3,(H,22,24)/t13?,16-,17+/m1/s1. The van der Waals surface area contributed by atoms with Gasteiger partial charge in [-0.25, -0.2) is 0 Å². The van der Waals surface area contributed by atoms with Crippen molar-refractivity contribution in [1.82, 2.24) is 20.4 Å². The first-order valence-corrected chi connectivity index (χ1v) is 8.81. The maximum Gasteiger partial charge on any atom is 0.225 e. The summed E-state index contributed by atoms with van der Waals surface area (Å²) < 4.78 is 7.47. The summed E-state index contributed by atoms with van der Waals surface area (Å²) in [5, 5.41) is 10.7. The summed E-state index contributed by atoms with van der Waals surface area (Å²) >= 11 is 0. The molecule has 1 aliphatic heterocycles. The summed E-state index contributed by atoms with van der Waals surface area (Å²) in [7, 11) is 1.90. The Morgan fingerprint density at radius 2 is 2.24 bits per heavy atom. The van der Waals surface area contributed by atoms with Crippen LogP contribution in [0.2, 0.25) is 0 Å². The largest absolute Gasteiger partial charge is 0.494 e. The Kier molecular flexibility index (Phi) is 5.38. The van der Waals surface area contributed by atoms with Crippen molar-refractivity contribution in [2.75, 3.05) is 19.7 Å². The molecule has 1 fully saturated rings. The molecule has 3 atom stereocenters. The predicted molar refractivity (Wildman–Crippen MR) is 96.5 cm³/mol. The molecule has 1 unspecified atom stereocenters. The number of ether oxygens (including phenoxy) is 1. The lowest BCUT2D eigenvalue weighted by atomic mass is 9.90. The highest BCUT2D eigenvalue weighted by molar-refractivity contribution is 5.81. The molecule has 0 bridgehead atoms. The summed E-state index contributed by atoms with van der Waals surface area (Å²) in [6.45, 7) is 6.05. The second kappa shape index (κ2) is 7.70. The van der Waals surface area contributed by atoms with Crippen LogP contribution in [0.3, 0.4) is 0 Å². The first-order valence-electron chi connectivity index (χ1n) is 8.81. The van der Waals surface area contributed by atoms with Crippen molar-refractivity contribution in [3.63, 3.8) is 0 Å². The topological polar surface area (TPSA) is 68.2 Å². The SMILES string of the molecule is CCOc1ccccc1C(C)NC(=O)[C@H]1CNC[C@@H]1c1cnn(C)c1. The van der Waals surface area contributed by atoms with Crippen LogP contribution in [0, 0.1) is 5.92 Å². The number of carbonyl (C=O) groups is 1. The third-order valence-electron chi connectivity index (χ3n) is 4.75. The van der Waals surface area contributed by atoms with Crippen molar-refractivity contribution in [3.05, 3.63) is 47.8 Å². The number of rotatable bonds is 6. The second-order valence-corrected chi connectivity index (χ2v) is 6.52. The molecule has 1 amide bonds. The van der Waals surface area contributed by atoms with Crippen molar-refractivity contribution in [2.45, 2.75) is 25.8 Å². The number of nitrogens with one attached hydrogen (secondary N) is 2. The van der Waals surface area contributed by atoms with Gasteiger partial charge >= 0.3 is 0 Å². The normalized spacial score (nSPS) is 21.1. The van der Waals surface area contributed by atoms with Crippen molar-refractivity contribution >= 4 is 5.91 Å². The highest BCUT2D eigenvalue weighted by Gasteiger charge is 2.35. The number of hydrogen-bond acceptors (Lipinski definition) is 4. The number of para-hydroxylation sites is 1. The molecule has 2 heterocycles. The number of hydrogen-bond donors (Lipinski definition) is 2. The molecule has 0 radical (unpaired) electrons. The highest BCUT2D eigenvalue weighted by atomic mass is 16.5. The van der Waals surface area contributed by atoms with E-state index < -0.39 is 0 Å². The molecule has 0 spiro atoms. The van der Waals surface area contributed by atoms with Crippen LogP contribution >= 0.6 is 0 Å². The van der Waals surface area contributed by atoms with Crippen molar-refractivity contribution in [3.8, 4) is 5.75 Å². The van der Waals surface area contributed by atoms with E-state index in [9.17, 15) is 4.79 Å². The summed E-state index contributed by atoms with van der Waals surface area (Å²) in [6.07, 6.45) is 3.84. The molecular weight excluding hydrogens is 316 g/mol. The monoisotopic (exact) mass is 342 g/mol. The van der Waals surface area contributed by atoms with Crippen molar-refractivity contribution in [2.24, 2.45) is 13.0 Å². The number of benzene rings is 1. The highest BCUT2D eigenvalue weighted by Crippen LogP contribution is 2.30. The van der Waals surface area contributed by atoms with Crippen LogP contribution in [0.25, 0.3) is 0 Å². The minimum Gasteiger partial charge on any atom is -0.494 e. The van der Waals surface area contributed by atoms with E-state index in [2.05, 4.69) is 15.7 Å². The van der Waals surface area contributed by atoms with Gasteiger partial charge in [0.05, 0.1) is 24.8 Å². The number of aromatic nitrogens is 2. The van der Waals surface area contributed by atoms with E-state index in [1.54, 1.807) is 4.68 Å². The number of amides is 1. The molecule has 2 N–H and O–H groups in total. The fraction of sp³-hybridized carbons (Fsp3) is 0.474. The summed E-state index contributed by atoms with van der Waals surface area (Å²) in [5.74, 6) is 0.956. The van der Waals surface area contributed by atoms with Crippen LogP contribution in [-0.2, 0) is 11.8 Å². The van der Waals surface area contributed by atoms with Crippen molar-refractivity contribution < 1.29 is 9.53 Å². The Morgan fingerprint density at radius 1 is 1.44 bits per heavy atom.